The third-order valence-corrected chi connectivity index (χ3v) is 3.09. The number of benzene rings is 1. The monoisotopic (exact) mass is 270 g/mol. The molecular formula is C11H15BrN2O. The smallest absolute Gasteiger partial charge is 0.243 e. The molecule has 1 amide bonds. The molecule has 0 saturated carbocycles. The van der Waals surface area contributed by atoms with Crippen LogP contribution >= 0.6 is 15.9 Å². The van der Waals surface area contributed by atoms with Gasteiger partial charge in [0.2, 0.25) is 5.91 Å². The van der Waals surface area contributed by atoms with E-state index in [9.17, 15) is 4.79 Å². The molecule has 0 unspecified atom stereocenters. The zero-order valence-electron chi connectivity index (χ0n) is 9.12. The summed E-state index contributed by atoms with van der Waals surface area (Å²) >= 11 is 3.41. The van der Waals surface area contributed by atoms with Gasteiger partial charge in [0.1, 0.15) is 0 Å². The van der Waals surface area contributed by atoms with Gasteiger partial charge in [-0.1, -0.05) is 35.8 Å². The standard InChI is InChI=1S/C11H15BrN2O/c1-7(2)11(15)14(13)10-6-4-5-9(12)8(10)3/h4-7H,13H2,1-3H3. The van der Waals surface area contributed by atoms with Crippen LogP contribution < -0.4 is 10.9 Å². The summed E-state index contributed by atoms with van der Waals surface area (Å²) in [6.45, 7) is 5.58. The second-order valence-electron chi connectivity index (χ2n) is 3.75. The van der Waals surface area contributed by atoms with Gasteiger partial charge < -0.3 is 0 Å². The molecule has 0 radical (unpaired) electrons. The van der Waals surface area contributed by atoms with Crippen LogP contribution in [0.1, 0.15) is 19.4 Å². The van der Waals surface area contributed by atoms with Crippen LogP contribution in [0.5, 0.6) is 0 Å². The predicted octanol–water partition coefficient (Wildman–Crippen LogP) is 2.62. The van der Waals surface area contributed by atoms with E-state index >= 15 is 0 Å². The zero-order valence-corrected chi connectivity index (χ0v) is 10.7. The molecule has 1 aromatic rings. The molecule has 0 aliphatic carbocycles. The maximum atomic E-state index is 11.7. The van der Waals surface area contributed by atoms with Crippen molar-refractivity contribution in [3.05, 3.63) is 28.2 Å². The number of hydrazine groups is 1. The molecule has 0 fully saturated rings. The van der Waals surface area contributed by atoms with Crippen LogP contribution in [0.25, 0.3) is 0 Å². The van der Waals surface area contributed by atoms with E-state index in [0.717, 1.165) is 15.7 Å². The molecule has 1 rings (SSSR count). The fraction of sp³-hybridized carbons (Fsp3) is 0.364. The van der Waals surface area contributed by atoms with Crippen LogP contribution in [0.3, 0.4) is 0 Å². The van der Waals surface area contributed by atoms with E-state index in [0.29, 0.717) is 0 Å². The summed E-state index contributed by atoms with van der Waals surface area (Å²) < 4.78 is 0.951. The Morgan fingerprint density at radius 2 is 2.07 bits per heavy atom. The van der Waals surface area contributed by atoms with Gasteiger partial charge in [-0.2, -0.15) is 0 Å². The van der Waals surface area contributed by atoms with Crippen LogP contribution in [0, 0.1) is 12.8 Å². The second-order valence-corrected chi connectivity index (χ2v) is 4.60. The largest absolute Gasteiger partial charge is 0.273 e. The molecule has 82 valence electrons. The average Bonchev–Trinajstić information content (AvgIpc) is 2.20. The van der Waals surface area contributed by atoms with Crippen LogP contribution in [-0.4, -0.2) is 5.91 Å². The Hall–Kier alpha value is -0.870. The second kappa shape index (κ2) is 4.77. The first-order valence-corrected chi connectivity index (χ1v) is 5.58. The van der Waals surface area contributed by atoms with Crippen molar-refractivity contribution in [1.82, 2.24) is 0 Å². The molecule has 15 heavy (non-hydrogen) atoms. The number of hydrogen-bond acceptors (Lipinski definition) is 2. The fourth-order valence-corrected chi connectivity index (χ4v) is 1.61. The first-order valence-electron chi connectivity index (χ1n) is 4.79. The van der Waals surface area contributed by atoms with Gasteiger partial charge in [-0.15, -0.1) is 0 Å². The Kier molecular flexibility index (Phi) is 3.88. The predicted molar refractivity (Wildman–Crippen MR) is 65.4 cm³/mol. The van der Waals surface area contributed by atoms with E-state index < -0.39 is 0 Å². The molecule has 0 aromatic heterocycles. The number of anilines is 1. The van der Waals surface area contributed by atoms with Crippen molar-refractivity contribution in [2.45, 2.75) is 20.8 Å². The zero-order chi connectivity index (χ0) is 11.6. The average molecular weight is 271 g/mol. The molecular weight excluding hydrogens is 256 g/mol. The van der Waals surface area contributed by atoms with Gasteiger partial charge in [0, 0.05) is 10.4 Å². The minimum absolute atomic E-state index is 0.0869. The number of halogens is 1. The molecule has 1 aromatic carbocycles. The number of carbonyl (C=O) groups excluding carboxylic acids is 1. The highest BCUT2D eigenvalue weighted by atomic mass is 79.9. The summed E-state index contributed by atoms with van der Waals surface area (Å²) in [7, 11) is 0. The van der Waals surface area contributed by atoms with Crippen molar-refractivity contribution in [1.29, 1.82) is 0 Å². The van der Waals surface area contributed by atoms with Crippen molar-refractivity contribution < 1.29 is 4.79 Å². The summed E-state index contributed by atoms with van der Waals surface area (Å²) in [6.07, 6.45) is 0. The van der Waals surface area contributed by atoms with Crippen LogP contribution in [0.2, 0.25) is 0 Å². The van der Waals surface area contributed by atoms with Crippen LogP contribution in [0.4, 0.5) is 5.69 Å². The number of hydrogen-bond donors (Lipinski definition) is 1. The van der Waals surface area contributed by atoms with Gasteiger partial charge >= 0.3 is 0 Å². The topological polar surface area (TPSA) is 46.3 Å². The molecule has 0 saturated heterocycles. The minimum Gasteiger partial charge on any atom is -0.273 e. The van der Waals surface area contributed by atoms with Gasteiger partial charge in [0.25, 0.3) is 0 Å². The molecule has 0 bridgehead atoms. The van der Waals surface area contributed by atoms with Crippen molar-refractivity contribution in [2.24, 2.45) is 11.8 Å². The molecule has 0 aliphatic rings. The fourth-order valence-electron chi connectivity index (χ4n) is 1.25. The molecule has 0 heterocycles. The van der Waals surface area contributed by atoms with E-state index in [2.05, 4.69) is 15.9 Å². The first kappa shape index (κ1) is 12.2. The summed E-state index contributed by atoms with van der Waals surface area (Å²) in [4.78, 5) is 11.7. The number of nitrogens with zero attached hydrogens (tertiary/aromatic N) is 1. The van der Waals surface area contributed by atoms with Gasteiger partial charge in [-0.05, 0) is 24.6 Å². The van der Waals surface area contributed by atoms with Gasteiger partial charge in [-0.25, -0.2) is 10.9 Å². The quantitative estimate of drug-likeness (QED) is 0.510. The van der Waals surface area contributed by atoms with Crippen molar-refractivity contribution in [2.75, 3.05) is 5.01 Å². The summed E-state index contributed by atoms with van der Waals surface area (Å²) in [6, 6.07) is 5.62. The summed E-state index contributed by atoms with van der Waals surface area (Å²) in [5.41, 5.74) is 1.71. The number of carbonyl (C=O) groups is 1. The Balaban J connectivity index is 3.06. The SMILES string of the molecule is Cc1c(Br)cccc1N(N)C(=O)C(C)C. The van der Waals surface area contributed by atoms with Gasteiger partial charge in [-0.3, -0.25) is 4.79 Å². The van der Waals surface area contributed by atoms with Crippen molar-refractivity contribution in [3.63, 3.8) is 0 Å². The van der Waals surface area contributed by atoms with E-state index in [1.54, 1.807) is 0 Å². The third-order valence-electron chi connectivity index (χ3n) is 2.23. The Morgan fingerprint density at radius 3 is 2.60 bits per heavy atom. The Bertz CT molecular complexity index is 377. The van der Waals surface area contributed by atoms with Crippen LogP contribution in [0.15, 0.2) is 22.7 Å². The highest BCUT2D eigenvalue weighted by molar-refractivity contribution is 9.10. The van der Waals surface area contributed by atoms with Crippen LogP contribution in [-0.2, 0) is 4.79 Å². The maximum absolute atomic E-state index is 11.7. The Morgan fingerprint density at radius 1 is 1.47 bits per heavy atom. The van der Waals surface area contributed by atoms with E-state index in [-0.39, 0.29) is 11.8 Å². The maximum Gasteiger partial charge on any atom is 0.243 e. The van der Waals surface area contributed by atoms with E-state index in [4.69, 9.17) is 5.84 Å². The Labute approximate surface area is 98.4 Å². The lowest BCUT2D eigenvalue weighted by molar-refractivity contribution is -0.121. The third kappa shape index (κ3) is 2.58. The molecule has 0 atom stereocenters. The molecule has 0 spiro atoms. The number of nitrogens with two attached hydrogens (primary N) is 1. The van der Waals surface area contributed by atoms with Gasteiger partial charge in [0.15, 0.2) is 0 Å². The summed E-state index contributed by atoms with van der Waals surface area (Å²) in [5, 5.41) is 1.21. The molecule has 3 nitrogen and oxygen atoms in total. The first-order chi connectivity index (χ1) is 6.95. The van der Waals surface area contributed by atoms with Gasteiger partial charge in [0.05, 0.1) is 5.69 Å². The molecule has 0 aliphatic heterocycles. The van der Waals surface area contributed by atoms with E-state index in [1.165, 1.54) is 5.01 Å². The van der Waals surface area contributed by atoms with E-state index in [1.807, 2.05) is 39.0 Å². The normalized spacial score (nSPS) is 10.5. The number of amides is 1. The van der Waals surface area contributed by atoms with Crippen molar-refractivity contribution >= 4 is 27.5 Å². The van der Waals surface area contributed by atoms with Crippen molar-refractivity contribution in [3.8, 4) is 0 Å². The molecule has 2 N–H and O–H groups in total. The highest BCUT2D eigenvalue weighted by Gasteiger charge is 2.17. The lowest BCUT2D eigenvalue weighted by Gasteiger charge is -2.21. The highest BCUT2D eigenvalue weighted by Crippen LogP contribution is 2.25. The lowest BCUT2D eigenvalue weighted by Crippen LogP contribution is -2.40. The number of rotatable bonds is 2. The minimum atomic E-state index is -0.103. The summed E-state index contributed by atoms with van der Waals surface area (Å²) in [5.74, 6) is 5.58. The molecule has 4 heteroatoms. The lowest BCUT2D eigenvalue weighted by atomic mass is 10.1.